The first-order chi connectivity index (χ1) is 14.7. The molecule has 4 rings (SSSR count). The number of hydrogen-bond acceptors (Lipinski definition) is 4. The summed E-state index contributed by atoms with van der Waals surface area (Å²) in [5.41, 5.74) is 4.34. The van der Waals surface area contributed by atoms with Crippen molar-refractivity contribution >= 4 is 11.6 Å². The average Bonchev–Trinajstić information content (AvgIpc) is 3.44. The highest BCUT2D eigenvalue weighted by atomic mass is 16.2. The number of benzene rings is 2. The molecule has 1 amide bonds. The molecule has 0 spiro atoms. The topological polar surface area (TPSA) is 73.9 Å². The summed E-state index contributed by atoms with van der Waals surface area (Å²) in [7, 11) is 0. The molecule has 156 valence electrons. The van der Waals surface area contributed by atoms with E-state index in [2.05, 4.69) is 52.5 Å². The number of H-pyrrole nitrogens is 1. The van der Waals surface area contributed by atoms with Crippen molar-refractivity contribution in [1.29, 1.82) is 0 Å². The Morgan fingerprint density at radius 1 is 1.10 bits per heavy atom. The highest BCUT2D eigenvalue weighted by Gasteiger charge is 2.30. The second kappa shape index (κ2) is 9.22. The molecule has 3 aromatic rings. The summed E-state index contributed by atoms with van der Waals surface area (Å²) < 4.78 is 0. The standard InChI is InChI=1S/C24H29N5O/c1-3-17-12-8-13-18(4-2)22(17)25-21(30)16-29-15-9-14-20(29)24-26-23(27-28-24)19-10-6-5-7-11-19/h5-8,10-13,20H,3-4,9,14-16H2,1-2H3,(H,25,30)(H,26,27,28)/t20-/m0/s1. The Bertz CT molecular complexity index is 976. The number of carbonyl (C=O) groups is 1. The number of aromatic nitrogens is 3. The molecule has 0 unspecified atom stereocenters. The molecule has 2 heterocycles. The molecule has 0 saturated carbocycles. The number of nitrogens with zero attached hydrogens (tertiary/aromatic N) is 3. The van der Waals surface area contributed by atoms with Gasteiger partial charge in [-0.05, 0) is 43.4 Å². The van der Waals surface area contributed by atoms with Gasteiger partial charge in [0, 0.05) is 11.3 Å². The lowest BCUT2D eigenvalue weighted by Crippen LogP contribution is -2.33. The first-order valence-electron chi connectivity index (χ1n) is 10.8. The van der Waals surface area contributed by atoms with Gasteiger partial charge in [0.05, 0.1) is 12.6 Å². The average molecular weight is 404 g/mol. The molecule has 6 nitrogen and oxygen atoms in total. The number of amides is 1. The number of aromatic amines is 1. The molecule has 0 aliphatic carbocycles. The van der Waals surface area contributed by atoms with Crippen LogP contribution in [0.15, 0.2) is 48.5 Å². The summed E-state index contributed by atoms with van der Waals surface area (Å²) in [6.07, 6.45) is 3.82. The van der Waals surface area contributed by atoms with Crippen LogP contribution in [0.4, 0.5) is 5.69 Å². The van der Waals surface area contributed by atoms with E-state index < -0.39 is 0 Å². The Labute approximate surface area is 177 Å². The monoisotopic (exact) mass is 403 g/mol. The predicted molar refractivity (Wildman–Crippen MR) is 119 cm³/mol. The van der Waals surface area contributed by atoms with Crippen LogP contribution in [0.1, 0.15) is 49.7 Å². The number of carbonyl (C=O) groups excluding carboxylic acids is 1. The van der Waals surface area contributed by atoms with Gasteiger partial charge in [-0.25, -0.2) is 4.98 Å². The minimum Gasteiger partial charge on any atom is -0.324 e. The first-order valence-corrected chi connectivity index (χ1v) is 10.8. The Balaban J connectivity index is 1.46. The Morgan fingerprint density at radius 3 is 2.53 bits per heavy atom. The van der Waals surface area contributed by atoms with Gasteiger partial charge >= 0.3 is 0 Å². The van der Waals surface area contributed by atoms with E-state index in [1.54, 1.807) is 0 Å². The van der Waals surface area contributed by atoms with Gasteiger partial charge in [-0.15, -0.1) is 0 Å². The van der Waals surface area contributed by atoms with Gasteiger partial charge in [0.1, 0.15) is 5.82 Å². The minimum atomic E-state index is 0.0281. The quantitative estimate of drug-likeness (QED) is 0.614. The van der Waals surface area contributed by atoms with Gasteiger partial charge in [0.25, 0.3) is 0 Å². The number of anilines is 1. The van der Waals surface area contributed by atoms with Gasteiger partial charge in [-0.2, -0.15) is 5.10 Å². The van der Waals surface area contributed by atoms with Gasteiger partial charge < -0.3 is 5.32 Å². The number of likely N-dealkylation sites (tertiary alicyclic amines) is 1. The maximum absolute atomic E-state index is 12.9. The summed E-state index contributed by atoms with van der Waals surface area (Å²) >= 11 is 0. The lowest BCUT2D eigenvalue weighted by atomic mass is 10.0. The second-order valence-corrected chi connectivity index (χ2v) is 7.75. The van der Waals surface area contributed by atoms with Crippen LogP contribution in [0.25, 0.3) is 11.4 Å². The smallest absolute Gasteiger partial charge is 0.238 e. The zero-order chi connectivity index (χ0) is 20.9. The Kier molecular flexibility index (Phi) is 6.23. The van der Waals surface area contributed by atoms with Crippen molar-refractivity contribution in [2.24, 2.45) is 0 Å². The lowest BCUT2D eigenvalue weighted by molar-refractivity contribution is -0.117. The largest absolute Gasteiger partial charge is 0.324 e. The summed E-state index contributed by atoms with van der Waals surface area (Å²) in [5, 5.41) is 10.7. The van der Waals surface area contributed by atoms with Gasteiger partial charge in [0.15, 0.2) is 5.82 Å². The number of rotatable bonds is 7. The number of para-hydroxylation sites is 1. The molecular weight excluding hydrogens is 374 g/mol. The van der Waals surface area contributed by atoms with Crippen LogP contribution in [0, 0.1) is 0 Å². The van der Waals surface area contributed by atoms with Crippen molar-refractivity contribution in [3.8, 4) is 11.4 Å². The van der Waals surface area contributed by atoms with Gasteiger partial charge in [-0.1, -0.05) is 62.4 Å². The van der Waals surface area contributed by atoms with Crippen LogP contribution >= 0.6 is 0 Å². The van der Waals surface area contributed by atoms with Crippen LogP contribution in [0.5, 0.6) is 0 Å². The SMILES string of the molecule is CCc1cccc(CC)c1NC(=O)CN1CCC[C@H]1c1nc(-c2ccccc2)n[nH]1. The number of hydrogen-bond donors (Lipinski definition) is 2. The highest BCUT2D eigenvalue weighted by Crippen LogP contribution is 2.31. The summed E-state index contributed by atoms with van der Waals surface area (Å²) in [6.45, 7) is 5.48. The van der Waals surface area contributed by atoms with E-state index in [0.717, 1.165) is 49.3 Å². The van der Waals surface area contributed by atoms with E-state index >= 15 is 0 Å². The molecule has 30 heavy (non-hydrogen) atoms. The highest BCUT2D eigenvalue weighted by molar-refractivity contribution is 5.94. The van der Waals surface area contributed by atoms with Crippen LogP contribution < -0.4 is 5.32 Å². The Morgan fingerprint density at radius 2 is 1.83 bits per heavy atom. The Hall–Kier alpha value is -2.99. The molecule has 1 aromatic heterocycles. The molecule has 6 heteroatoms. The normalized spacial score (nSPS) is 16.7. The van der Waals surface area contributed by atoms with Crippen LogP contribution in [-0.4, -0.2) is 39.1 Å². The second-order valence-electron chi connectivity index (χ2n) is 7.75. The molecule has 2 N–H and O–H groups in total. The van der Waals surface area contributed by atoms with Crippen LogP contribution in [-0.2, 0) is 17.6 Å². The number of nitrogens with one attached hydrogen (secondary N) is 2. The molecule has 1 aliphatic heterocycles. The fraction of sp³-hybridized carbons (Fsp3) is 0.375. The fourth-order valence-corrected chi connectivity index (χ4v) is 4.23. The van der Waals surface area contributed by atoms with E-state index in [1.807, 2.05) is 30.3 Å². The third-order valence-corrected chi connectivity index (χ3v) is 5.82. The van der Waals surface area contributed by atoms with Crippen molar-refractivity contribution in [3.05, 3.63) is 65.5 Å². The van der Waals surface area contributed by atoms with Crippen molar-refractivity contribution < 1.29 is 4.79 Å². The zero-order valence-corrected chi connectivity index (χ0v) is 17.7. The first kappa shape index (κ1) is 20.3. The molecule has 0 radical (unpaired) electrons. The van der Waals surface area contributed by atoms with Crippen LogP contribution in [0.3, 0.4) is 0 Å². The van der Waals surface area contributed by atoms with Crippen LogP contribution in [0.2, 0.25) is 0 Å². The summed E-state index contributed by atoms with van der Waals surface area (Å²) in [6, 6.07) is 16.3. The van der Waals surface area contributed by atoms with E-state index in [0.29, 0.717) is 12.4 Å². The lowest BCUT2D eigenvalue weighted by Gasteiger charge is -2.22. The third-order valence-electron chi connectivity index (χ3n) is 5.82. The van der Waals surface area contributed by atoms with E-state index in [-0.39, 0.29) is 11.9 Å². The molecule has 1 atom stereocenters. The molecule has 1 saturated heterocycles. The van der Waals surface area contributed by atoms with Gasteiger partial charge in [0.2, 0.25) is 5.91 Å². The maximum Gasteiger partial charge on any atom is 0.238 e. The van der Waals surface area contributed by atoms with E-state index in [9.17, 15) is 4.79 Å². The fourth-order valence-electron chi connectivity index (χ4n) is 4.23. The molecule has 0 bridgehead atoms. The van der Waals surface area contributed by atoms with Crippen molar-refractivity contribution in [3.63, 3.8) is 0 Å². The minimum absolute atomic E-state index is 0.0281. The predicted octanol–water partition coefficient (Wildman–Crippen LogP) is 4.37. The molecule has 1 aliphatic rings. The molecular formula is C24H29N5O. The molecule has 2 aromatic carbocycles. The summed E-state index contributed by atoms with van der Waals surface area (Å²) in [5.74, 6) is 1.56. The maximum atomic E-state index is 12.9. The van der Waals surface area contributed by atoms with Crippen molar-refractivity contribution in [2.45, 2.75) is 45.6 Å². The van der Waals surface area contributed by atoms with Gasteiger partial charge in [-0.3, -0.25) is 14.8 Å². The third kappa shape index (κ3) is 4.28. The van der Waals surface area contributed by atoms with E-state index in [1.165, 1.54) is 11.1 Å². The van der Waals surface area contributed by atoms with Crippen molar-refractivity contribution in [1.82, 2.24) is 20.1 Å². The zero-order valence-electron chi connectivity index (χ0n) is 17.7. The van der Waals surface area contributed by atoms with E-state index in [4.69, 9.17) is 4.98 Å². The van der Waals surface area contributed by atoms with Crippen molar-refractivity contribution in [2.75, 3.05) is 18.4 Å². The molecule has 1 fully saturated rings. The number of aryl methyl sites for hydroxylation is 2. The summed E-state index contributed by atoms with van der Waals surface area (Å²) in [4.78, 5) is 19.8.